The van der Waals surface area contributed by atoms with Crippen LogP contribution in [0.25, 0.3) is 0 Å². The van der Waals surface area contributed by atoms with Gasteiger partial charge >= 0.3 is 0 Å². The fourth-order valence-electron chi connectivity index (χ4n) is 4.45. The highest BCUT2D eigenvalue weighted by Gasteiger charge is 2.50. The molecule has 2 aromatic carbocycles. The number of unbranched alkanes of at least 4 members (excludes halogenated alkanes) is 2. The Labute approximate surface area is 148 Å². The van der Waals surface area contributed by atoms with Crippen LogP contribution in [-0.4, -0.2) is 26.5 Å². The van der Waals surface area contributed by atoms with E-state index in [2.05, 4.69) is 42.2 Å². The first-order valence-corrected chi connectivity index (χ1v) is 9.23. The van der Waals surface area contributed by atoms with Crippen molar-refractivity contribution in [1.29, 1.82) is 0 Å². The molecule has 3 aliphatic rings. The van der Waals surface area contributed by atoms with Crippen molar-refractivity contribution in [1.82, 2.24) is 0 Å². The topological polar surface area (TPSA) is 30.9 Å². The monoisotopic (exact) mass is 337 g/mol. The highest BCUT2D eigenvalue weighted by Crippen LogP contribution is 2.54. The average molecular weight is 337 g/mol. The molecule has 0 bridgehead atoms. The van der Waals surface area contributed by atoms with E-state index >= 15 is 0 Å². The number of nitrogens with zero attached hydrogens (tertiary/aromatic N) is 1. The Bertz CT molecular complexity index is 819. The summed E-state index contributed by atoms with van der Waals surface area (Å²) in [5.74, 6) is 2.57. The summed E-state index contributed by atoms with van der Waals surface area (Å²) in [5, 5.41) is 0. The van der Waals surface area contributed by atoms with Gasteiger partial charge in [-0.25, -0.2) is 0 Å². The van der Waals surface area contributed by atoms with Crippen LogP contribution in [0.1, 0.15) is 37.3 Å². The largest absolute Gasteiger partial charge is 0.492 e. The lowest BCUT2D eigenvalue weighted by Gasteiger charge is -2.25. The molecule has 0 fully saturated rings. The van der Waals surface area contributed by atoms with Crippen molar-refractivity contribution in [3.05, 3.63) is 47.5 Å². The molecule has 0 radical (unpaired) electrons. The van der Waals surface area contributed by atoms with E-state index in [1.54, 1.807) is 0 Å². The van der Waals surface area contributed by atoms with Gasteiger partial charge in [0.25, 0.3) is 0 Å². The molecule has 1 unspecified atom stereocenters. The Morgan fingerprint density at radius 3 is 2.68 bits per heavy atom. The lowest BCUT2D eigenvalue weighted by Crippen LogP contribution is -2.36. The maximum atomic E-state index is 6.13. The Morgan fingerprint density at radius 1 is 0.960 bits per heavy atom. The predicted molar refractivity (Wildman–Crippen MR) is 97.0 cm³/mol. The summed E-state index contributed by atoms with van der Waals surface area (Å²) >= 11 is 0. The molecule has 0 amide bonds. The van der Waals surface area contributed by atoms with Crippen LogP contribution in [0, 0.1) is 0 Å². The Kier molecular flexibility index (Phi) is 3.34. The molecule has 130 valence electrons. The fourth-order valence-corrected chi connectivity index (χ4v) is 4.45. The summed E-state index contributed by atoms with van der Waals surface area (Å²) in [7, 11) is 0. The number of fused-ring (bicyclic) bond motifs is 5. The number of benzene rings is 2. The van der Waals surface area contributed by atoms with Gasteiger partial charge in [-0.05, 0) is 24.1 Å². The standard InChI is InChI=1S/C21H23NO3/c1-2-3-6-9-22-12-21(15-7-4-5-8-17(15)22)13-23-18-11-20-19(10-16(18)21)24-14-25-20/h4-5,7-8,10-11H,2-3,6,9,12-14H2,1H3. The van der Waals surface area contributed by atoms with Gasteiger partial charge in [-0.15, -0.1) is 0 Å². The second-order valence-corrected chi connectivity index (χ2v) is 7.22. The predicted octanol–water partition coefficient (Wildman–Crippen LogP) is 4.10. The first-order valence-electron chi connectivity index (χ1n) is 9.23. The third-order valence-corrected chi connectivity index (χ3v) is 5.72. The minimum absolute atomic E-state index is 0.0981. The third kappa shape index (κ3) is 2.13. The van der Waals surface area contributed by atoms with E-state index in [1.165, 1.54) is 36.1 Å². The highest BCUT2D eigenvalue weighted by molar-refractivity contribution is 5.70. The fraction of sp³-hybridized carbons (Fsp3) is 0.429. The van der Waals surface area contributed by atoms with Gasteiger partial charge < -0.3 is 19.1 Å². The molecule has 5 rings (SSSR count). The zero-order valence-electron chi connectivity index (χ0n) is 14.6. The highest BCUT2D eigenvalue weighted by atomic mass is 16.7. The van der Waals surface area contributed by atoms with Crippen molar-refractivity contribution in [2.24, 2.45) is 0 Å². The van der Waals surface area contributed by atoms with Crippen molar-refractivity contribution in [3.63, 3.8) is 0 Å². The number of hydrogen-bond acceptors (Lipinski definition) is 4. The van der Waals surface area contributed by atoms with Gasteiger partial charge in [0.1, 0.15) is 12.4 Å². The lowest BCUT2D eigenvalue weighted by molar-refractivity contribution is 0.173. The van der Waals surface area contributed by atoms with Crippen LogP contribution in [0.15, 0.2) is 36.4 Å². The molecule has 0 saturated heterocycles. The van der Waals surface area contributed by atoms with Gasteiger partial charge in [0.15, 0.2) is 11.5 Å². The number of anilines is 1. The summed E-state index contributed by atoms with van der Waals surface area (Å²) in [6.07, 6.45) is 3.75. The van der Waals surface area contributed by atoms with Crippen LogP contribution in [0.2, 0.25) is 0 Å². The normalized spacial score (nSPS) is 22.2. The number of hydrogen-bond donors (Lipinski definition) is 0. The first-order chi connectivity index (χ1) is 12.3. The summed E-state index contributed by atoms with van der Waals surface area (Å²) in [6.45, 7) is 5.32. The first kappa shape index (κ1) is 14.9. The van der Waals surface area contributed by atoms with Crippen LogP contribution in [0.5, 0.6) is 17.2 Å². The zero-order chi connectivity index (χ0) is 16.9. The molecule has 0 saturated carbocycles. The van der Waals surface area contributed by atoms with Crippen LogP contribution in [0.3, 0.4) is 0 Å². The summed E-state index contributed by atoms with van der Waals surface area (Å²) in [5.41, 5.74) is 3.87. The van der Waals surface area contributed by atoms with Gasteiger partial charge in [0.2, 0.25) is 6.79 Å². The number of ether oxygens (including phenoxy) is 3. The molecule has 4 heteroatoms. The third-order valence-electron chi connectivity index (χ3n) is 5.72. The van der Waals surface area contributed by atoms with Crippen molar-refractivity contribution >= 4 is 5.69 Å². The molecule has 1 atom stereocenters. The van der Waals surface area contributed by atoms with E-state index in [0.29, 0.717) is 13.4 Å². The quantitative estimate of drug-likeness (QED) is 0.786. The van der Waals surface area contributed by atoms with Crippen LogP contribution in [0.4, 0.5) is 5.69 Å². The molecule has 3 aliphatic heterocycles. The maximum absolute atomic E-state index is 6.13. The van der Waals surface area contributed by atoms with Crippen LogP contribution < -0.4 is 19.1 Å². The van der Waals surface area contributed by atoms with E-state index < -0.39 is 0 Å². The summed E-state index contributed by atoms with van der Waals surface area (Å²) in [6, 6.07) is 12.9. The van der Waals surface area contributed by atoms with Crippen LogP contribution >= 0.6 is 0 Å². The molecule has 0 aliphatic carbocycles. The van der Waals surface area contributed by atoms with Crippen LogP contribution in [-0.2, 0) is 5.41 Å². The Balaban J connectivity index is 1.57. The minimum Gasteiger partial charge on any atom is -0.492 e. The lowest BCUT2D eigenvalue weighted by atomic mass is 9.77. The van der Waals surface area contributed by atoms with E-state index in [9.17, 15) is 0 Å². The average Bonchev–Trinajstić information content (AvgIpc) is 3.32. The van der Waals surface area contributed by atoms with Crippen molar-refractivity contribution < 1.29 is 14.2 Å². The summed E-state index contributed by atoms with van der Waals surface area (Å²) < 4.78 is 17.3. The van der Waals surface area contributed by atoms with Gasteiger partial charge in [0.05, 0.1) is 5.41 Å². The maximum Gasteiger partial charge on any atom is 0.231 e. The minimum atomic E-state index is -0.0981. The summed E-state index contributed by atoms with van der Waals surface area (Å²) in [4.78, 5) is 2.54. The molecule has 2 aromatic rings. The zero-order valence-corrected chi connectivity index (χ0v) is 14.6. The van der Waals surface area contributed by atoms with Gasteiger partial charge in [-0.1, -0.05) is 38.0 Å². The van der Waals surface area contributed by atoms with Gasteiger partial charge in [-0.2, -0.15) is 0 Å². The molecule has 1 spiro atoms. The molecule has 3 heterocycles. The smallest absolute Gasteiger partial charge is 0.231 e. The number of rotatable bonds is 4. The second kappa shape index (κ2) is 5.58. The van der Waals surface area contributed by atoms with Crippen molar-refractivity contribution in [3.8, 4) is 17.2 Å². The van der Waals surface area contributed by atoms with E-state index in [0.717, 1.165) is 30.3 Å². The molecular weight excluding hydrogens is 314 g/mol. The second-order valence-electron chi connectivity index (χ2n) is 7.22. The SMILES string of the molecule is CCCCCN1CC2(COc3cc4c(cc32)OCO4)c2ccccc21. The molecule has 0 N–H and O–H groups in total. The Hall–Kier alpha value is -2.36. The van der Waals surface area contributed by atoms with Gasteiger partial charge in [-0.3, -0.25) is 0 Å². The molecular formula is C21H23NO3. The molecule has 4 nitrogen and oxygen atoms in total. The number of para-hydroxylation sites is 1. The van der Waals surface area contributed by atoms with Crippen molar-refractivity contribution in [2.75, 3.05) is 31.4 Å². The van der Waals surface area contributed by atoms with E-state index in [-0.39, 0.29) is 5.41 Å². The Morgan fingerprint density at radius 2 is 1.80 bits per heavy atom. The molecule has 0 aromatic heterocycles. The van der Waals surface area contributed by atoms with Gasteiger partial charge in [0, 0.05) is 30.4 Å². The van der Waals surface area contributed by atoms with Crippen molar-refractivity contribution in [2.45, 2.75) is 31.6 Å². The van der Waals surface area contributed by atoms with E-state index in [1.807, 2.05) is 6.07 Å². The van der Waals surface area contributed by atoms with E-state index in [4.69, 9.17) is 14.2 Å². The molecule has 25 heavy (non-hydrogen) atoms.